The zero-order valence-corrected chi connectivity index (χ0v) is 17.7. The molecule has 2 aromatic carbocycles. The summed E-state index contributed by atoms with van der Waals surface area (Å²) in [6.45, 7) is 5.16. The summed E-state index contributed by atoms with van der Waals surface area (Å²) < 4.78 is 19.5. The maximum atomic E-state index is 13.5. The van der Waals surface area contributed by atoms with Gasteiger partial charge in [0.15, 0.2) is 5.43 Å². The van der Waals surface area contributed by atoms with Crippen molar-refractivity contribution in [2.45, 2.75) is 26.3 Å². The van der Waals surface area contributed by atoms with Gasteiger partial charge in [0.25, 0.3) is 5.91 Å². The molecule has 0 aliphatic carbocycles. The van der Waals surface area contributed by atoms with Gasteiger partial charge < -0.3 is 14.2 Å². The smallest absolute Gasteiger partial charge is 0.290 e. The van der Waals surface area contributed by atoms with Gasteiger partial charge in [-0.2, -0.15) is 0 Å². The third-order valence-electron chi connectivity index (χ3n) is 5.77. The number of halogens is 1. The lowest BCUT2D eigenvalue weighted by molar-refractivity contribution is 0.0722. The van der Waals surface area contributed by atoms with Crippen LogP contribution < -0.4 is 5.43 Å². The van der Waals surface area contributed by atoms with E-state index in [-0.39, 0.29) is 22.9 Å². The summed E-state index contributed by atoms with van der Waals surface area (Å²) >= 11 is 0. The molecule has 0 bridgehead atoms. The molecule has 1 amide bonds. The number of carbonyl (C=O) groups excluding carboxylic acids is 1. The average Bonchev–Trinajstić information content (AvgIpc) is 2.97. The minimum Gasteiger partial charge on any atom is -0.450 e. The molecular weight excluding hydrogens is 383 g/mol. The van der Waals surface area contributed by atoms with Gasteiger partial charge in [-0.05, 0) is 81.9 Å². The zero-order chi connectivity index (χ0) is 21.6. The van der Waals surface area contributed by atoms with Gasteiger partial charge in [0.05, 0.1) is 17.0 Å². The van der Waals surface area contributed by atoms with E-state index in [1.807, 2.05) is 38.9 Å². The summed E-state index contributed by atoms with van der Waals surface area (Å²) in [6.07, 6.45) is 0.746. The van der Waals surface area contributed by atoms with Gasteiger partial charge in [-0.15, -0.1) is 0 Å². The van der Waals surface area contributed by atoms with Crippen LogP contribution in [0.3, 0.4) is 0 Å². The normalized spacial score (nSPS) is 16.0. The molecule has 3 aromatic rings. The minimum atomic E-state index is -0.586. The molecule has 0 saturated carbocycles. The minimum absolute atomic E-state index is 0.0925. The van der Waals surface area contributed by atoms with E-state index in [1.165, 1.54) is 12.1 Å². The van der Waals surface area contributed by atoms with Crippen molar-refractivity contribution in [1.29, 1.82) is 0 Å². The largest absolute Gasteiger partial charge is 0.450 e. The number of hydrogen-bond donors (Lipinski definition) is 0. The molecule has 0 unspecified atom stereocenters. The van der Waals surface area contributed by atoms with Gasteiger partial charge in [0.1, 0.15) is 11.4 Å². The van der Waals surface area contributed by atoms with E-state index < -0.39 is 6.04 Å². The fourth-order valence-corrected chi connectivity index (χ4v) is 4.06. The molecule has 1 aliphatic heterocycles. The number of amides is 1. The van der Waals surface area contributed by atoms with Crippen LogP contribution in [0.4, 0.5) is 4.39 Å². The second-order valence-electron chi connectivity index (χ2n) is 8.22. The van der Waals surface area contributed by atoms with Gasteiger partial charge in [-0.3, -0.25) is 9.59 Å². The molecule has 2 heterocycles. The van der Waals surface area contributed by atoms with Crippen LogP contribution >= 0.6 is 0 Å². The zero-order valence-electron chi connectivity index (χ0n) is 17.7. The maximum Gasteiger partial charge on any atom is 0.290 e. The highest BCUT2D eigenvalue weighted by Crippen LogP contribution is 2.38. The molecule has 5 nitrogen and oxygen atoms in total. The van der Waals surface area contributed by atoms with Crippen LogP contribution in [0.2, 0.25) is 0 Å². The third-order valence-corrected chi connectivity index (χ3v) is 5.77. The van der Waals surface area contributed by atoms with Crippen molar-refractivity contribution in [3.63, 3.8) is 0 Å². The van der Waals surface area contributed by atoms with Crippen LogP contribution in [0.15, 0.2) is 45.6 Å². The van der Waals surface area contributed by atoms with Crippen LogP contribution in [0.1, 0.15) is 45.3 Å². The van der Waals surface area contributed by atoms with E-state index in [2.05, 4.69) is 0 Å². The molecular formula is C24H25FN2O3. The van der Waals surface area contributed by atoms with Gasteiger partial charge >= 0.3 is 0 Å². The Morgan fingerprint density at radius 1 is 1.07 bits per heavy atom. The SMILES string of the molecule is Cc1cc2oc3c(c(=O)c2cc1C)[C@@H](c1ccc(F)cc1)N(CCCN(C)C)C3=O. The van der Waals surface area contributed by atoms with E-state index in [4.69, 9.17) is 4.42 Å². The number of carbonyl (C=O) groups is 1. The number of rotatable bonds is 5. The summed E-state index contributed by atoms with van der Waals surface area (Å²) in [5.41, 5.74) is 3.24. The Bertz CT molecular complexity index is 1180. The van der Waals surface area contributed by atoms with Crippen LogP contribution in [0.5, 0.6) is 0 Å². The fraction of sp³-hybridized carbons (Fsp3) is 0.333. The second kappa shape index (κ2) is 7.69. The molecule has 156 valence electrons. The summed E-state index contributed by atoms with van der Waals surface area (Å²) in [7, 11) is 3.95. The molecule has 0 saturated heterocycles. The van der Waals surface area contributed by atoms with Gasteiger partial charge in [-0.1, -0.05) is 12.1 Å². The summed E-state index contributed by atoms with van der Waals surface area (Å²) in [5, 5.41) is 0.465. The van der Waals surface area contributed by atoms with Gasteiger partial charge in [-0.25, -0.2) is 4.39 Å². The number of nitrogens with zero attached hydrogens (tertiary/aromatic N) is 2. The molecule has 1 aliphatic rings. The van der Waals surface area contributed by atoms with Crippen molar-refractivity contribution in [3.8, 4) is 0 Å². The molecule has 6 heteroatoms. The molecule has 1 atom stereocenters. The van der Waals surface area contributed by atoms with Crippen LogP contribution in [-0.4, -0.2) is 42.9 Å². The number of aryl methyl sites for hydroxylation is 2. The van der Waals surface area contributed by atoms with Crippen molar-refractivity contribution in [2.75, 3.05) is 27.2 Å². The Kier molecular flexibility index (Phi) is 5.20. The van der Waals surface area contributed by atoms with E-state index in [0.29, 0.717) is 28.6 Å². The number of hydrogen-bond acceptors (Lipinski definition) is 4. The Morgan fingerprint density at radius 3 is 2.40 bits per heavy atom. The first-order valence-electron chi connectivity index (χ1n) is 10.1. The Balaban J connectivity index is 1.90. The Hall–Kier alpha value is -2.99. The van der Waals surface area contributed by atoms with E-state index >= 15 is 0 Å². The van der Waals surface area contributed by atoms with Crippen molar-refractivity contribution in [2.24, 2.45) is 0 Å². The lowest BCUT2D eigenvalue weighted by atomic mass is 9.97. The standard InChI is InChI=1S/C24H25FN2O3/c1-14-12-18-19(13-15(14)2)30-23-20(22(18)28)21(16-6-8-17(25)9-7-16)27(24(23)29)11-5-10-26(3)4/h6-9,12-13,21H,5,10-11H2,1-4H3/t21-/m1/s1. The highest BCUT2D eigenvalue weighted by molar-refractivity contribution is 5.99. The Morgan fingerprint density at radius 2 is 1.73 bits per heavy atom. The molecule has 0 N–H and O–H groups in total. The monoisotopic (exact) mass is 408 g/mol. The molecule has 0 radical (unpaired) electrons. The van der Waals surface area contributed by atoms with E-state index in [9.17, 15) is 14.0 Å². The van der Waals surface area contributed by atoms with E-state index in [0.717, 1.165) is 24.1 Å². The predicted octanol–water partition coefficient (Wildman–Crippen LogP) is 4.05. The molecule has 1 aromatic heterocycles. The highest BCUT2D eigenvalue weighted by atomic mass is 19.1. The lowest BCUT2D eigenvalue weighted by Crippen LogP contribution is -2.32. The first-order chi connectivity index (χ1) is 14.3. The van der Waals surface area contributed by atoms with Crippen LogP contribution in [0, 0.1) is 19.7 Å². The summed E-state index contributed by atoms with van der Waals surface area (Å²) in [5.74, 6) is -0.565. The van der Waals surface area contributed by atoms with Crippen molar-refractivity contribution >= 4 is 16.9 Å². The quantitative estimate of drug-likeness (QED) is 0.639. The lowest BCUT2D eigenvalue weighted by Gasteiger charge is -2.25. The third kappa shape index (κ3) is 3.41. The van der Waals surface area contributed by atoms with Gasteiger partial charge in [0.2, 0.25) is 5.76 Å². The second-order valence-corrected chi connectivity index (χ2v) is 8.22. The highest BCUT2D eigenvalue weighted by Gasteiger charge is 2.42. The Labute approximate surface area is 174 Å². The molecule has 0 fully saturated rings. The fourth-order valence-electron chi connectivity index (χ4n) is 4.06. The first-order valence-corrected chi connectivity index (χ1v) is 10.1. The van der Waals surface area contributed by atoms with Crippen LogP contribution in [0.25, 0.3) is 11.0 Å². The van der Waals surface area contributed by atoms with Crippen LogP contribution in [-0.2, 0) is 0 Å². The van der Waals surface area contributed by atoms with Crippen molar-refractivity contribution in [3.05, 3.63) is 80.5 Å². The van der Waals surface area contributed by atoms with Crippen molar-refractivity contribution in [1.82, 2.24) is 9.80 Å². The predicted molar refractivity (Wildman–Crippen MR) is 114 cm³/mol. The maximum absolute atomic E-state index is 13.5. The molecule has 4 rings (SSSR count). The molecule has 30 heavy (non-hydrogen) atoms. The topological polar surface area (TPSA) is 53.8 Å². The van der Waals surface area contributed by atoms with Gasteiger partial charge in [0, 0.05) is 6.54 Å². The first kappa shape index (κ1) is 20.3. The number of benzene rings is 2. The average molecular weight is 408 g/mol. The molecule has 0 spiro atoms. The summed E-state index contributed by atoms with van der Waals surface area (Å²) in [6, 6.07) is 9.01. The summed E-state index contributed by atoms with van der Waals surface area (Å²) in [4.78, 5) is 30.5. The van der Waals surface area contributed by atoms with Crippen molar-refractivity contribution < 1.29 is 13.6 Å². The van der Waals surface area contributed by atoms with E-state index in [1.54, 1.807) is 23.1 Å². The number of fused-ring (bicyclic) bond motifs is 2.